The molecule has 0 saturated heterocycles. The minimum absolute atomic E-state index is 0.418. The molecule has 5 heteroatoms. The summed E-state index contributed by atoms with van der Waals surface area (Å²) in [6.07, 6.45) is 5.32. The van der Waals surface area contributed by atoms with E-state index in [1.165, 1.54) is 0 Å². The van der Waals surface area contributed by atoms with Crippen LogP contribution in [0.3, 0.4) is 0 Å². The van der Waals surface area contributed by atoms with Crippen LogP contribution in [0.2, 0.25) is 0 Å². The Bertz CT molecular complexity index is 420. The number of nitrogen functional groups attached to an aromatic ring is 1. The smallest absolute Gasteiger partial charge is 0.146 e. The third kappa shape index (κ3) is 1.48. The van der Waals surface area contributed by atoms with Crippen molar-refractivity contribution in [3.63, 3.8) is 0 Å². The van der Waals surface area contributed by atoms with E-state index in [4.69, 9.17) is 5.73 Å². The Morgan fingerprint density at radius 2 is 2.15 bits per heavy atom. The van der Waals surface area contributed by atoms with Gasteiger partial charge in [0.2, 0.25) is 0 Å². The molecular weight excluding hydrogens is 166 g/mol. The number of nitrogens with two attached hydrogens (primary N) is 1. The molecule has 2 heterocycles. The molecule has 2 aromatic rings. The van der Waals surface area contributed by atoms with Gasteiger partial charge in [0.1, 0.15) is 5.82 Å². The number of aromatic nitrogens is 4. The van der Waals surface area contributed by atoms with Crippen molar-refractivity contribution in [2.45, 2.75) is 0 Å². The fourth-order valence-corrected chi connectivity index (χ4v) is 1.11. The molecule has 0 radical (unpaired) electrons. The summed E-state index contributed by atoms with van der Waals surface area (Å²) >= 11 is 0. The fraction of sp³-hybridized carbons (Fsp3) is 0.125. The second-order valence-corrected chi connectivity index (χ2v) is 2.77. The summed E-state index contributed by atoms with van der Waals surface area (Å²) < 4.78 is 1.73. The molecule has 2 rings (SSSR count). The summed E-state index contributed by atoms with van der Waals surface area (Å²) in [6, 6.07) is 1.77. The van der Waals surface area contributed by atoms with Crippen molar-refractivity contribution in [2.24, 2.45) is 7.05 Å². The second kappa shape index (κ2) is 2.85. The van der Waals surface area contributed by atoms with E-state index in [1.807, 2.05) is 13.2 Å². The zero-order valence-electron chi connectivity index (χ0n) is 7.18. The van der Waals surface area contributed by atoms with Gasteiger partial charge in [0.15, 0.2) is 0 Å². The van der Waals surface area contributed by atoms with E-state index >= 15 is 0 Å². The molecule has 0 aromatic carbocycles. The van der Waals surface area contributed by atoms with Gasteiger partial charge in [0.25, 0.3) is 0 Å². The largest absolute Gasteiger partial charge is 0.382 e. The SMILES string of the molecule is Cn1cc(-c2cnnc(N)c2)cn1. The summed E-state index contributed by atoms with van der Waals surface area (Å²) in [6.45, 7) is 0. The quantitative estimate of drug-likeness (QED) is 0.683. The Morgan fingerprint density at radius 1 is 1.31 bits per heavy atom. The highest BCUT2D eigenvalue weighted by Crippen LogP contribution is 2.17. The van der Waals surface area contributed by atoms with Crippen molar-refractivity contribution in [1.29, 1.82) is 0 Å². The Balaban J connectivity index is 2.46. The predicted octanol–water partition coefficient (Wildman–Crippen LogP) is 0.459. The van der Waals surface area contributed by atoms with Crippen LogP contribution in [-0.4, -0.2) is 20.0 Å². The highest BCUT2D eigenvalue weighted by Gasteiger charge is 2.00. The van der Waals surface area contributed by atoms with Crippen molar-refractivity contribution in [2.75, 3.05) is 5.73 Å². The average molecular weight is 175 g/mol. The van der Waals surface area contributed by atoms with Crippen LogP contribution in [0.15, 0.2) is 24.7 Å². The van der Waals surface area contributed by atoms with Crippen LogP contribution in [0.1, 0.15) is 0 Å². The second-order valence-electron chi connectivity index (χ2n) is 2.77. The van der Waals surface area contributed by atoms with Crippen LogP contribution in [0.25, 0.3) is 11.1 Å². The molecule has 0 unspecified atom stereocenters. The summed E-state index contributed by atoms with van der Waals surface area (Å²) in [5.41, 5.74) is 7.42. The van der Waals surface area contributed by atoms with Crippen LogP contribution < -0.4 is 5.73 Å². The van der Waals surface area contributed by atoms with Gasteiger partial charge >= 0.3 is 0 Å². The van der Waals surface area contributed by atoms with Crippen LogP contribution in [0.4, 0.5) is 5.82 Å². The summed E-state index contributed by atoms with van der Waals surface area (Å²) in [7, 11) is 1.86. The molecule has 0 spiro atoms. The summed E-state index contributed by atoms with van der Waals surface area (Å²) in [4.78, 5) is 0. The molecule has 0 aliphatic carbocycles. The topological polar surface area (TPSA) is 69.6 Å². The molecule has 0 fully saturated rings. The maximum absolute atomic E-state index is 5.50. The van der Waals surface area contributed by atoms with Crippen molar-refractivity contribution in [1.82, 2.24) is 20.0 Å². The standard InChI is InChI=1S/C8H9N5/c1-13-5-7(4-11-13)6-2-8(9)12-10-3-6/h2-5H,1H3,(H2,9,12). The number of anilines is 1. The van der Waals surface area contributed by atoms with E-state index in [-0.39, 0.29) is 0 Å². The predicted molar refractivity (Wildman–Crippen MR) is 48.6 cm³/mol. The third-order valence-electron chi connectivity index (χ3n) is 1.71. The van der Waals surface area contributed by atoms with E-state index in [2.05, 4.69) is 15.3 Å². The van der Waals surface area contributed by atoms with E-state index < -0.39 is 0 Å². The Kier molecular flexibility index (Phi) is 1.70. The first-order chi connectivity index (χ1) is 6.25. The molecule has 2 aromatic heterocycles. The maximum atomic E-state index is 5.50. The normalized spacial score (nSPS) is 10.2. The van der Waals surface area contributed by atoms with Gasteiger partial charge in [-0.1, -0.05) is 0 Å². The van der Waals surface area contributed by atoms with Gasteiger partial charge in [-0.05, 0) is 6.07 Å². The molecule has 2 N–H and O–H groups in total. The maximum Gasteiger partial charge on any atom is 0.146 e. The van der Waals surface area contributed by atoms with Crippen molar-refractivity contribution in [3.8, 4) is 11.1 Å². The van der Waals surface area contributed by atoms with E-state index in [0.717, 1.165) is 11.1 Å². The van der Waals surface area contributed by atoms with Crippen LogP contribution >= 0.6 is 0 Å². The van der Waals surface area contributed by atoms with Crippen LogP contribution in [0, 0.1) is 0 Å². The van der Waals surface area contributed by atoms with Gasteiger partial charge in [0, 0.05) is 24.4 Å². The average Bonchev–Trinajstić information content (AvgIpc) is 2.52. The van der Waals surface area contributed by atoms with Gasteiger partial charge in [-0.2, -0.15) is 10.2 Å². The lowest BCUT2D eigenvalue weighted by Gasteiger charge is -1.95. The molecule has 0 saturated carbocycles. The lowest BCUT2D eigenvalue weighted by molar-refractivity contribution is 0.768. The van der Waals surface area contributed by atoms with Gasteiger partial charge in [-0.3, -0.25) is 4.68 Å². The van der Waals surface area contributed by atoms with E-state index in [0.29, 0.717) is 5.82 Å². The monoisotopic (exact) mass is 175 g/mol. The Labute approximate surface area is 75.2 Å². The van der Waals surface area contributed by atoms with Crippen LogP contribution in [0.5, 0.6) is 0 Å². The molecule has 13 heavy (non-hydrogen) atoms. The first kappa shape index (κ1) is 7.72. The molecule has 0 aliphatic rings. The van der Waals surface area contributed by atoms with Gasteiger partial charge in [0.05, 0.1) is 12.4 Å². The number of rotatable bonds is 1. The van der Waals surface area contributed by atoms with Crippen molar-refractivity contribution >= 4 is 5.82 Å². The molecular formula is C8H9N5. The summed E-state index contributed by atoms with van der Waals surface area (Å²) in [5, 5.41) is 11.5. The number of aryl methyl sites for hydroxylation is 1. The van der Waals surface area contributed by atoms with Crippen molar-refractivity contribution < 1.29 is 0 Å². The molecule has 0 atom stereocenters. The minimum atomic E-state index is 0.418. The van der Waals surface area contributed by atoms with Gasteiger partial charge < -0.3 is 5.73 Å². The zero-order valence-corrected chi connectivity index (χ0v) is 7.18. The van der Waals surface area contributed by atoms with Crippen molar-refractivity contribution in [3.05, 3.63) is 24.7 Å². The molecule has 66 valence electrons. The van der Waals surface area contributed by atoms with E-state index in [1.54, 1.807) is 23.1 Å². The zero-order chi connectivity index (χ0) is 9.26. The number of hydrogen-bond donors (Lipinski definition) is 1. The Morgan fingerprint density at radius 3 is 2.77 bits per heavy atom. The molecule has 0 bridgehead atoms. The first-order valence-electron chi connectivity index (χ1n) is 3.83. The highest BCUT2D eigenvalue weighted by atomic mass is 15.2. The molecule has 0 aliphatic heterocycles. The Hall–Kier alpha value is -1.91. The lowest BCUT2D eigenvalue weighted by Crippen LogP contribution is -1.92. The van der Waals surface area contributed by atoms with Gasteiger partial charge in [-0.25, -0.2) is 0 Å². The highest BCUT2D eigenvalue weighted by molar-refractivity contribution is 5.62. The first-order valence-corrected chi connectivity index (χ1v) is 3.83. The fourth-order valence-electron chi connectivity index (χ4n) is 1.11. The number of hydrogen-bond acceptors (Lipinski definition) is 4. The summed E-state index contributed by atoms with van der Waals surface area (Å²) in [5.74, 6) is 0.418. The van der Waals surface area contributed by atoms with Crippen LogP contribution in [-0.2, 0) is 7.05 Å². The third-order valence-corrected chi connectivity index (χ3v) is 1.71. The number of nitrogens with zero attached hydrogens (tertiary/aromatic N) is 4. The lowest BCUT2D eigenvalue weighted by atomic mass is 10.2. The molecule has 0 amide bonds. The van der Waals surface area contributed by atoms with E-state index in [9.17, 15) is 0 Å². The van der Waals surface area contributed by atoms with Gasteiger partial charge in [-0.15, -0.1) is 5.10 Å². The molecule has 5 nitrogen and oxygen atoms in total. The minimum Gasteiger partial charge on any atom is -0.382 e.